The molecule has 1 unspecified atom stereocenters. The van der Waals surface area contributed by atoms with Crippen molar-refractivity contribution in [1.82, 2.24) is 5.32 Å². The molecule has 3 aromatic carbocycles. The van der Waals surface area contributed by atoms with Gasteiger partial charge in [-0.15, -0.1) is 0 Å². The summed E-state index contributed by atoms with van der Waals surface area (Å²) >= 11 is 0. The third kappa shape index (κ3) is 7.88. The first-order chi connectivity index (χ1) is 20.2. The van der Waals surface area contributed by atoms with E-state index in [1.807, 2.05) is 66.4 Å². The van der Waals surface area contributed by atoms with Crippen LogP contribution in [0.4, 0.5) is 10.5 Å². The Bertz CT molecular complexity index is 1420. The molecule has 0 spiro atoms. The maximum atomic E-state index is 13.3. The molecule has 0 aromatic heterocycles. The van der Waals surface area contributed by atoms with Crippen LogP contribution in [0.15, 0.2) is 60.7 Å². The minimum absolute atomic E-state index is 0.0167. The Kier molecular flexibility index (Phi) is 10.6. The smallest absolute Gasteiger partial charge is 0.407 e. The molecule has 3 N–H and O–H groups in total. The molecule has 1 aliphatic rings. The largest absolute Gasteiger partial charge is 0.493 e. The number of rotatable bonds is 12. The van der Waals surface area contributed by atoms with Gasteiger partial charge in [-0.3, -0.25) is 4.79 Å². The number of nitrogens with one attached hydrogen (secondary N) is 1. The van der Waals surface area contributed by atoms with Gasteiger partial charge in [0, 0.05) is 31.6 Å². The van der Waals surface area contributed by atoms with Crippen LogP contribution < -0.4 is 15.0 Å². The Morgan fingerprint density at radius 1 is 1.05 bits per heavy atom. The molecule has 3 aromatic rings. The van der Waals surface area contributed by atoms with Crippen LogP contribution in [-0.2, 0) is 27.4 Å². The molecule has 42 heavy (non-hydrogen) atoms. The normalized spacial score (nSPS) is 13.2. The van der Waals surface area contributed by atoms with Crippen LogP contribution in [0.2, 0.25) is 0 Å². The number of carbonyl (C=O) groups is 3. The van der Waals surface area contributed by atoms with Crippen molar-refractivity contribution in [2.24, 2.45) is 0 Å². The molecule has 0 radical (unpaired) electrons. The molecule has 9 nitrogen and oxygen atoms in total. The lowest BCUT2D eigenvalue weighted by atomic mass is 9.91. The fraction of sp³-hybridized carbons (Fsp3) is 0.364. The lowest BCUT2D eigenvalue weighted by molar-refractivity contribution is -0.146. The number of aliphatic hydroxyl groups excluding tert-OH is 1. The number of alkyl carbamates (subject to hydrolysis) is 1. The number of ether oxygens (including phenoxy) is 2. The van der Waals surface area contributed by atoms with Crippen LogP contribution >= 0.6 is 0 Å². The number of anilines is 1. The van der Waals surface area contributed by atoms with E-state index in [1.54, 1.807) is 0 Å². The van der Waals surface area contributed by atoms with E-state index in [0.717, 1.165) is 52.1 Å². The van der Waals surface area contributed by atoms with Crippen LogP contribution in [-0.4, -0.2) is 54.0 Å². The second kappa shape index (κ2) is 14.5. The molecule has 0 fully saturated rings. The van der Waals surface area contributed by atoms with Crippen LogP contribution in [0.25, 0.3) is 11.1 Å². The van der Waals surface area contributed by atoms with Crippen LogP contribution in [0, 0.1) is 13.8 Å². The van der Waals surface area contributed by atoms with Crippen molar-refractivity contribution >= 4 is 23.7 Å². The van der Waals surface area contributed by atoms with Gasteiger partial charge < -0.3 is 29.9 Å². The first kappa shape index (κ1) is 30.6. The number of hydrogen-bond acceptors (Lipinski definition) is 6. The number of amides is 2. The second-order valence-corrected chi connectivity index (χ2v) is 10.4. The summed E-state index contributed by atoms with van der Waals surface area (Å²) in [5.41, 5.74) is 7.15. The van der Waals surface area contributed by atoms with E-state index >= 15 is 0 Å². The third-order valence-electron chi connectivity index (χ3n) is 7.48. The molecule has 0 bridgehead atoms. The second-order valence-electron chi connectivity index (χ2n) is 10.4. The SMILES string of the molecule is Cc1cccc(OCCCC(=O)N2CCCc3c(-c4cccc(COC(=O)NCCC(O)C(=O)O)c4)cccc32)c1C. The first-order valence-corrected chi connectivity index (χ1v) is 14.3. The van der Waals surface area contributed by atoms with Crippen molar-refractivity contribution in [3.63, 3.8) is 0 Å². The van der Waals surface area contributed by atoms with E-state index in [-0.39, 0.29) is 25.5 Å². The van der Waals surface area contributed by atoms with Crippen molar-refractivity contribution in [3.05, 3.63) is 82.9 Å². The number of nitrogens with zero attached hydrogens (tertiary/aromatic N) is 1. The zero-order valence-electron chi connectivity index (χ0n) is 24.1. The summed E-state index contributed by atoms with van der Waals surface area (Å²) in [5, 5.41) is 20.5. The molecule has 1 aliphatic heterocycles. The average Bonchev–Trinajstić information content (AvgIpc) is 2.99. The van der Waals surface area contributed by atoms with Crippen LogP contribution in [0.5, 0.6) is 5.75 Å². The summed E-state index contributed by atoms with van der Waals surface area (Å²) in [7, 11) is 0. The van der Waals surface area contributed by atoms with Crippen LogP contribution in [0.3, 0.4) is 0 Å². The predicted octanol–water partition coefficient (Wildman–Crippen LogP) is 5.17. The number of benzene rings is 3. The number of carbonyl (C=O) groups excluding carboxylic acids is 2. The van der Waals surface area contributed by atoms with E-state index < -0.39 is 18.2 Å². The molecule has 1 heterocycles. The molecule has 0 saturated carbocycles. The van der Waals surface area contributed by atoms with Gasteiger partial charge in [0.2, 0.25) is 5.91 Å². The van der Waals surface area contributed by atoms with E-state index in [0.29, 0.717) is 26.0 Å². The number of aliphatic carboxylic acids is 1. The van der Waals surface area contributed by atoms with Gasteiger partial charge in [-0.1, -0.05) is 42.5 Å². The van der Waals surface area contributed by atoms with Crippen molar-refractivity contribution in [1.29, 1.82) is 0 Å². The summed E-state index contributed by atoms with van der Waals surface area (Å²) in [4.78, 5) is 37.8. The van der Waals surface area contributed by atoms with Gasteiger partial charge in [-0.05, 0) is 84.7 Å². The van der Waals surface area contributed by atoms with Gasteiger partial charge in [0.1, 0.15) is 12.4 Å². The highest BCUT2D eigenvalue weighted by atomic mass is 16.5. The minimum atomic E-state index is -1.53. The Labute approximate surface area is 246 Å². The van der Waals surface area contributed by atoms with Gasteiger partial charge in [0.15, 0.2) is 6.10 Å². The first-order valence-electron chi connectivity index (χ1n) is 14.3. The predicted molar refractivity (Wildman–Crippen MR) is 160 cm³/mol. The molecule has 2 amide bonds. The third-order valence-corrected chi connectivity index (χ3v) is 7.48. The highest BCUT2D eigenvalue weighted by Crippen LogP contribution is 2.36. The summed E-state index contributed by atoms with van der Waals surface area (Å²) in [5.74, 6) is -0.392. The fourth-order valence-corrected chi connectivity index (χ4v) is 5.04. The van der Waals surface area contributed by atoms with Crippen molar-refractivity contribution in [2.75, 3.05) is 24.6 Å². The molecular formula is C33H38N2O7. The summed E-state index contributed by atoms with van der Waals surface area (Å²) in [6.07, 6.45) is 0.423. The Balaban J connectivity index is 1.35. The highest BCUT2D eigenvalue weighted by molar-refractivity contribution is 5.96. The quantitative estimate of drug-likeness (QED) is 0.255. The number of fused-ring (bicyclic) bond motifs is 1. The van der Waals surface area contributed by atoms with Gasteiger partial charge in [0.05, 0.1) is 6.61 Å². The van der Waals surface area contributed by atoms with E-state index in [9.17, 15) is 19.5 Å². The van der Waals surface area contributed by atoms with E-state index in [2.05, 4.69) is 18.3 Å². The molecule has 9 heteroatoms. The van der Waals surface area contributed by atoms with Gasteiger partial charge in [0.25, 0.3) is 0 Å². The fourth-order valence-electron chi connectivity index (χ4n) is 5.04. The van der Waals surface area contributed by atoms with Gasteiger partial charge >= 0.3 is 12.1 Å². The molecule has 0 saturated heterocycles. The highest BCUT2D eigenvalue weighted by Gasteiger charge is 2.24. The maximum absolute atomic E-state index is 13.3. The molecule has 0 aliphatic carbocycles. The topological polar surface area (TPSA) is 125 Å². The Morgan fingerprint density at radius 3 is 2.64 bits per heavy atom. The number of aryl methyl sites for hydroxylation is 1. The summed E-state index contributed by atoms with van der Waals surface area (Å²) < 4.78 is 11.2. The Hall–Kier alpha value is -4.37. The van der Waals surface area contributed by atoms with Gasteiger partial charge in [-0.2, -0.15) is 0 Å². The maximum Gasteiger partial charge on any atom is 0.407 e. The molecular weight excluding hydrogens is 536 g/mol. The standard InChI is InChI=1S/C33H38N2O7/c1-22-8-3-14-30(23(22)2)41-19-7-15-31(37)35-18-6-12-27-26(11-5-13-28(27)35)25-10-4-9-24(20-25)21-42-33(40)34-17-16-29(36)32(38)39/h3-5,8-11,13-14,20,29,36H,6-7,12,15-19,21H2,1-2H3,(H,34,40)(H,38,39). The monoisotopic (exact) mass is 574 g/mol. The van der Waals surface area contributed by atoms with E-state index in [4.69, 9.17) is 14.6 Å². The molecule has 1 atom stereocenters. The summed E-state index contributed by atoms with van der Waals surface area (Å²) in [6.45, 7) is 5.27. The van der Waals surface area contributed by atoms with E-state index in [1.165, 1.54) is 5.56 Å². The molecule has 4 rings (SSSR count). The molecule has 222 valence electrons. The van der Waals surface area contributed by atoms with Crippen molar-refractivity contribution in [3.8, 4) is 16.9 Å². The average molecular weight is 575 g/mol. The number of hydrogen-bond donors (Lipinski definition) is 3. The Morgan fingerprint density at radius 2 is 1.83 bits per heavy atom. The summed E-state index contributed by atoms with van der Waals surface area (Å²) in [6, 6.07) is 19.7. The lowest BCUT2D eigenvalue weighted by Gasteiger charge is -2.31. The number of carboxylic acids is 1. The number of carboxylic acid groups (broad SMARTS) is 1. The zero-order valence-corrected chi connectivity index (χ0v) is 24.1. The van der Waals surface area contributed by atoms with Crippen molar-refractivity contribution in [2.45, 2.75) is 58.7 Å². The minimum Gasteiger partial charge on any atom is -0.493 e. The lowest BCUT2D eigenvalue weighted by Crippen LogP contribution is -2.35. The van der Waals surface area contributed by atoms with Crippen molar-refractivity contribution < 1.29 is 34.1 Å². The number of aliphatic hydroxyl groups is 1. The zero-order chi connectivity index (χ0) is 30.1. The van der Waals surface area contributed by atoms with Crippen LogP contribution in [0.1, 0.15) is 47.9 Å². The van der Waals surface area contributed by atoms with Gasteiger partial charge in [-0.25, -0.2) is 9.59 Å².